The molecule has 2 aromatic carbocycles. The van der Waals surface area contributed by atoms with Gasteiger partial charge in [-0.25, -0.2) is 4.39 Å². The van der Waals surface area contributed by atoms with Crippen LogP contribution < -0.4 is 10.1 Å². The molecule has 1 N–H and O–H groups in total. The first-order chi connectivity index (χ1) is 10.2. The van der Waals surface area contributed by atoms with E-state index in [0.29, 0.717) is 30.2 Å². The monoisotopic (exact) mass is 307 g/mol. The third-order valence-corrected chi connectivity index (χ3v) is 3.15. The fraction of sp³-hybridized carbons (Fsp3) is 0.188. The molecule has 0 saturated heterocycles. The predicted molar refractivity (Wildman–Crippen MR) is 80.3 cm³/mol. The normalized spacial score (nSPS) is 10.2. The van der Waals surface area contributed by atoms with Crippen LogP contribution in [0.2, 0.25) is 5.02 Å². The summed E-state index contributed by atoms with van der Waals surface area (Å²) in [5, 5.41) is 3.16. The first kappa shape index (κ1) is 15.3. The maximum Gasteiger partial charge on any atom is 0.252 e. The third kappa shape index (κ3) is 4.46. The van der Waals surface area contributed by atoms with Gasteiger partial charge in [-0.05, 0) is 30.7 Å². The Labute approximate surface area is 127 Å². The molecule has 3 nitrogen and oxygen atoms in total. The van der Waals surface area contributed by atoms with Crippen molar-refractivity contribution in [2.24, 2.45) is 0 Å². The van der Waals surface area contributed by atoms with Crippen LogP contribution in [0.3, 0.4) is 0 Å². The van der Waals surface area contributed by atoms with E-state index in [4.69, 9.17) is 16.3 Å². The summed E-state index contributed by atoms with van der Waals surface area (Å²) in [6.07, 6.45) is 0.574. The van der Waals surface area contributed by atoms with Crippen molar-refractivity contribution in [2.75, 3.05) is 13.2 Å². The zero-order valence-electron chi connectivity index (χ0n) is 11.3. The van der Waals surface area contributed by atoms with Gasteiger partial charge in [0.05, 0.1) is 17.2 Å². The van der Waals surface area contributed by atoms with Crippen LogP contribution in [0.15, 0.2) is 48.5 Å². The largest absolute Gasteiger partial charge is 0.490 e. The summed E-state index contributed by atoms with van der Waals surface area (Å²) < 4.78 is 18.6. The molecule has 0 fully saturated rings. The summed E-state index contributed by atoms with van der Waals surface area (Å²) in [5.74, 6) is -0.404. The van der Waals surface area contributed by atoms with E-state index < -0.39 is 5.82 Å². The van der Waals surface area contributed by atoms with Crippen LogP contribution in [0.5, 0.6) is 5.75 Å². The quantitative estimate of drug-likeness (QED) is 0.827. The summed E-state index contributed by atoms with van der Waals surface area (Å²) in [6.45, 7) is 0.752. The molecule has 0 heterocycles. The maximum absolute atomic E-state index is 13.3. The molecule has 0 bridgehead atoms. The van der Waals surface area contributed by atoms with E-state index in [-0.39, 0.29) is 11.7 Å². The molecule has 0 atom stereocenters. The Kier molecular flexibility index (Phi) is 5.58. The second kappa shape index (κ2) is 7.64. The van der Waals surface area contributed by atoms with Crippen LogP contribution in [0.1, 0.15) is 16.8 Å². The number of hydrogen-bond donors (Lipinski definition) is 1. The van der Waals surface area contributed by atoms with Gasteiger partial charge in [-0.15, -0.1) is 0 Å². The van der Waals surface area contributed by atoms with Crippen molar-refractivity contribution >= 4 is 17.5 Å². The molecule has 1 amide bonds. The zero-order valence-corrected chi connectivity index (χ0v) is 12.1. The Balaban J connectivity index is 1.72. The molecule has 5 heteroatoms. The van der Waals surface area contributed by atoms with Crippen molar-refractivity contribution in [1.29, 1.82) is 0 Å². The minimum absolute atomic E-state index is 0.218. The number of benzene rings is 2. The van der Waals surface area contributed by atoms with E-state index >= 15 is 0 Å². The molecule has 0 saturated carbocycles. The lowest BCUT2D eigenvalue weighted by Crippen LogP contribution is -2.25. The van der Waals surface area contributed by atoms with Crippen LogP contribution in [0.4, 0.5) is 4.39 Å². The standard InChI is InChI=1S/C16H15ClFNO2/c17-13-7-2-1-6-12(13)16(20)19-10-5-11-21-15-9-4-3-8-14(15)18/h1-4,6-9H,5,10-11H2,(H,19,20). The van der Waals surface area contributed by atoms with Gasteiger partial charge in [0, 0.05) is 6.54 Å². The third-order valence-electron chi connectivity index (χ3n) is 2.82. The number of rotatable bonds is 6. The number of ether oxygens (including phenoxy) is 1. The molecule has 0 aromatic heterocycles. The lowest BCUT2D eigenvalue weighted by molar-refractivity contribution is 0.0951. The highest BCUT2D eigenvalue weighted by Crippen LogP contribution is 2.16. The number of amides is 1. The summed E-state index contributed by atoms with van der Waals surface area (Å²) in [7, 11) is 0. The Hall–Kier alpha value is -2.07. The summed E-state index contributed by atoms with van der Waals surface area (Å²) in [5.41, 5.74) is 0.439. The van der Waals surface area contributed by atoms with E-state index in [1.165, 1.54) is 6.07 Å². The SMILES string of the molecule is O=C(NCCCOc1ccccc1F)c1ccccc1Cl. The van der Waals surface area contributed by atoms with Gasteiger partial charge >= 0.3 is 0 Å². The van der Waals surface area contributed by atoms with E-state index in [1.807, 2.05) is 0 Å². The molecule has 0 aliphatic rings. The minimum atomic E-state index is -0.391. The van der Waals surface area contributed by atoms with Crippen molar-refractivity contribution in [3.8, 4) is 5.75 Å². The van der Waals surface area contributed by atoms with E-state index in [9.17, 15) is 9.18 Å². The average molecular weight is 308 g/mol. The smallest absolute Gasteiger partial charge is 0.252 e. The van der Waals surface area contributed by atoms with Gasteiger partial charge in [0.15, 0.2) is 11.6 Å². The fourth-order valence-corrected chi connectivity index (χ4v) is 1.98. The van der Waals surface area contributed by atoms with Crippen LogP contribution in [-0.4, -0.2) is 19.1 Å². The van der Waals surface area contributed by atoms with Gasteiger partial charge in [-0.1, -0.05) is 35.9 Å². The molecule has 110 valence electrons. The highest BCUT2D eigenvalue weighted by atomic mass is 35.5. The van der Waals surface area contributed by atoms with Gasteiger partial charge < -0.3 is 10.1 Å². The van der Waals surface area contributed by atoms with Gasteiger partial charge in [0.25, 0.3) is 5.91 Å². The lowest BCUT2D eigenvalue weighted by atomic mass is 10.2. The number of carbonyl (C=O) groups excluding carboxylic acids is 1. The van der Waals surface area contributed by atoms with Crippen molar-refractivity contribution in [1.82, 2.24) is 5.32 Å². The Morgan fingerprint density at radius 3 is 2.62 bits per heavy atom. The van der Waals surface area contributed by atoms with Crippen molar-refractivity contribution < 1.29 is 13.9 Å². The van der Waals surface area contributed by atoms with Crippen molar-refractivity contribution in [3.05, 3.63) is 64.9 Å². The first-order valence-electron chi connectivity index (χ1n) is 6.58. The number of para-hydroxylation sites is 1. The molecule has 0 spiro atoms. The Morgan fingerprint density at radius 1 is 1.14 bits per heavy atom. The second-order valence-corrected chi connectivity index (χ2v) is 4.78. The van der Waals surface area contributed by atoms with Gasteiger partial charge in [0.2, 0.25) is 0 Å². The molecule has 2 rings (SSSR count). The molecule has 2 aromatic rings. The summed E-state index contributed by atoms with van der Waals surface area (Å²) in [4.78, 5) is 11.9. The number of carbonyl (C=O) groups is 1. The maximum atomic E-state index is 13.3. The first-order valence-corrected chi connectivity index (χ1v) is 6.96. The van der Waals surface area contributed by atoms with E-state index in [1.54, 1.807) is 42.5 Å². The summed E-state index contributed by atoms with van der Waals surface area (Å²) in [6, 6.07) is 13.1. The Morgan fingerprint density at radius 2 is 1.86 bits per heavy atom. The number of halogens is 2. The number of nitrogens with one attached hydrogen (secondary N) is 1. The highest BCUT2D eigenvalue weighted by Gasteiger charge is 2.08. The topological polar surface area (TPSA) is 38.3 Å². The highest BCUT2D eigenvalue weighted by molar-refractivity contribution is 6.33. The number of hydrogen-bond acceptors (Lipinski definition) is 2. The molecule has 21 heavy (non-hydrogen) atoms. The van der Waals surface area contributed by atoms with E-state index in [2.05, 4.69) is 5.32 Å². The molecular formula is C16H15ClFNO2. The van der Waals surface area contributed by atoms with Gasteiger partial charge in [0.1, 0.15) is 0 Å². The fourth-order valence-electron chi connectivity index (χ4n) is 1.76. The lowest BCUT2D eigenvalue weighted by Gasteiger charge is -2.08. The molecule has 0 radical (unpaired) electrons. The second-order valence-electron chi connectivity index (χ2n) is 4.37. The zero-order chi connectivity index (χ0) is 15.1. The molecule has 0 unspecified atom stereocenters. The van der Waals surface area contributed by atoms with Crippen LogP contribution in [-0.2, 0) is 0 Å². The van der Waals surface area contributed by atoms with E-state index in [0.717, 1.165) is 0 Å². The molecule has 0 aliphatic heterocycles. The Bertz CT molecular complexity index is 619. The molecular weight excluding hydrogens is 293 g/mol. The molecule has 0 aliphatic carbocycles. The van der Waals surface area contributed by atoms with Gasteiger partial charge in [-0.2, -0.15) is 0 Å². The van der Waals surface area contributed by atoms with Gasteiger partial charge in [-0.3, -0.25) is 4.79 Å². The van der Waals surface area contributed by atoms with Crippen molar-refractivity contribution in [3.63, 3.8) is 0 Å². The van der Waals surface area contributed by atoms with Crippen LogP contribution in [0, 0.1) is 5.82 Å². The summed E-state index contributed by atoms with van der Waals surface area (Å²) >= 11 is 5.93. The van der Waals surface area contributed by atoms with Crippen LogP contribution in [0.25, 0.3) is 0 Å². The average Bonchev–Trinajstić information content (AvgIpc) is 2.49. The minimum Gasteiger partial charge on any atom is -0.490 e. The van der Waals surface area contributed by atoms with Crippen molar-refractivity contribution in [2.45, 2.75) is 6.42 Å². The predicted octanol–water partition coefficient (Wildman–Crippen LogP) is 3.68. The van der Waals surface area contributed by atoms with Crippen LogP contribution >= 0.6 is 11.6 Å².